The molecule has 0 atom stereocenters. The van der Waals surface area contributed by atoms with Crippen molar-refractivity contribution in [3.8, 4) is 22.5 Å². The van der Waals surface area contributed by atoms with Crippen molar-refractivity contribution in [1.82, 2.24) is 9.13 Å². The molecule has 0 bridgehead atoms. The second kappa shape index (κ2) is 15.7. The van der Waals surface area contributed by atoms with Crippen LogP contribution in [0.4, 0.5) is 42.9 Å². The van der Waals surface area contributed by atoms with Crippen LogP contribution in [0.3, 0.4) is 0 Å². The van der Waals surface area contributed by atoms with Crippen LogP contribution in [0.15, 0.2) is 231 Å². The van der Waals surface area contributed by atoms with E-state index in [2.05, 4.69) is 203 Å². The van der Waals surface area contributed by atoms with Gasteiger partial charge < -0.3 is 18.9 Å². The number of hydrogen-bond donors (Lipinski definition) is 0. The van der Waals surface area contributed by atoms with Crippen LogP contribution in [-0.4, -0.2) is 9.13 Å². The van der Waals surface area contributed by atoms with Gasteiger partial charge in [0, 0.05) is 72.5 Å². The molecule has 10 aromatic carbocycles. The molecule has 0 unspecified atom stereocenters. The van der Waals surface area contributed by atoms with E-state index < -0.39 is 5.41 Å². The molecule has 0 spiro atoms. The van der Waals surface area contributed by atoms with Crippen molar-refractivity contribution in [2.24, 2.45) is 0 Å². The second-order valence-electron chi connectivity index (χ2n) is 18.5. The summed E-state index contributed by atoms with van der Waals surface area (Å²) in [6.07, 6.45) is 0. The van der Waals surface area contributed by atoms with Crippen molar-refractivity contribution >= 4 is 77.7 Å². The molecule has 0 N–H and O–H groups in total. The first-order chi connectivity index (χ1) is 33.8. The van der Waals surface area contributed by atoms with Gasteiger partial charge >= 0.3 is 0 Å². The van der Waals surface area contributed by atoms with Gasteiger partial charge in [-0.25, -0.2) is 8.78 Å². The van der Waals surface area contributed by atoms with Crippen molar-refractivity contribution in [3.63, 3.8) is 0 Å². The van der Waals surface area contributed by atoms with E-state index in [4.69, 9.17) is 0 Å². The van der Waals surface area contributed by atoms with E-state index in [0.29, 0.717) is 0 Å². The Morgan fingerprint density at radius 3 is 1.12 bits per heavy atom. The molecule has 0 saturated carbocycles. The minimum absolute atomic E-state index is 0.301. The van der Waals surface area contributed by atoms with E-state index in [-0.39, 0.29) is 11.6 Å². The van der Waals surface area contributed by atoms with Gasteiger partial charge in [0.25, 0.3) is 0 Å². The van der Waals surface area contributed by atoms with E-state index >= 15 is 8.78 Å². The minimum atomic E-state index is -0.433. The third-order valence-electron chi connectivity index (χ3n) is 14.1. The molecule has 1 aliphatic rings. The Balaban J connectivity index is 0.936. The number of nitrogens with zero attached hydrogens (tertiary/aromatic N) is 4. The summed E-state index contributed by atoms with van der Waals surface area (Å²) in [6.45, 7) is 4.55. The molecular weight excluding hydrogens is 851 g/mol. The molecule has 0 saturated heterocycles. The maximum atomic E-state index is 15.3. The molecule has 0 aliphatic heterocycles. The normalized spacial score (nSPS) is 12.8. The summed E-state index contributed by atoms with van der Waals surface area (Å²) in [4.78, 5) is 4.33. The molecule has 0 radical (unpaired) electrons. The summed E-state index contributed by atoms with van der Waals surface area (Å²) in [5.41, 5.74) is 16.0. The van der Waals surface area contributed by atoms with E-state index in [1.54, 1.807) is 24.3 Å². The standard InChI is InChI=1S/C63H44F2N4/c1-63(2)57-39-49(66(45-21-13-15-41(64)35-45)47-29-33-61-55(37-47)53-23-9-11-25-59(53)68(61)43-17-5-3-6-18-43)27-31-51(57)52-32-28-50(40-58(52)63)67(46-22-14-16-42(65)36-46)48-30-34-62-56(38-48)54-24-10-12-26-60(54)69(62)44-19-7-4-8-20-44/h3-40H,1-2H3. The zero-order valence-corrected chi connectivity index (χ0v) is 38.0. The molecule has 0 fully saturated rings. The summed E-state index contributed by atoms with van der Waals surface area (Å²) in [5.74, 6) is -0.603. The molecule has 12 aromatic rings. The van der Waals surface area contributed by atoms with Crippen molar-refractivity contribution in [2.75, 3.05) is 9.80 Å². The summed E-state index contributed by atoms with van der Waals surface area (Å²) in [5, 5.41) is 4.51. The molecule has 13 rings (SSSR count). The fourth-order valence-electron chi connectivity index (χ4n) is 11.0. The lowest BCUT2D eigenvalue weighted by atomic mass is 9.82. The van der Waals surface area contributed by atoms with Crippen molar-refractivity contribution in [2.45, 2.75) is 19.3 Å². The maximum absolute atomic E-state index is 15.3. The number of aromatic nitrogens is 2. The van der Waals surface area contributed by atoms with Crippen LogP contribution in [0, 0.1) is 11.6 Å². The highest BCUT2D eigenvalue weighted by Gasteiger charge is 2.37. The number of para-hydroxylation sites is 4. The lowest BCUT2D eigenvalue weighted by Crippen LogP contribution is -2.17. The summed E-state index contributed by atoms with van der Waals surface area (Å²) in [6, 6.07) is 78.0. The van der Waals surface area contributed by atoms with Gasteiger partial charge in [-0.2, -0.15) is 0 Å². The number of halogens is 2. The van der Waals surface area contributed by atoms with Gasteiger partial charge in [-0.05, 0) is 156 Å². The van der Waals surface area contributed by atoms with Gasteiger partial charge in [-0.1, -0.05) is 111 Å². The Hall–Kier alpha value is -8.74. The van der Waals surface area contributed by atoms with Gasteiger partial charge in [0.15, 0.2) is 0 Å². The number of benzene rings is 10. The average Bonchev–Trinajstić information content (AvgIpc) is 3.97. The first-order valence-corrected chi connectivity index (χ1v) is 23.4. The predicted octanol–water partition coefficient (Wildman–Crippen LogP) is 17.4. The summed E-state index contributed by atoms with van der Waals surface area (Å²) < 4.78 is 35.1. The molecule has 6 heteroatoms. The highest BCUT2D eigenvalue weighted by atomic mass is 19.1. The van der Waals surface area contributed by atoms with Gasteiger partial charge in [0.1, 0.15) is 11.6 Å². The Kier molecular flexibility index (Phi) is 9.21. The summed E-state index contributed by atoms with van der Waals surface area (Å²) in [7, 11) is 0. The van der Waals surface area contributed by atoms with E-state index in [9.17, 15) is 0 Å². The largest absolute Gasteiger partial charge is 0.310 e. The van der Waals surface area contributed by atoms with Crippen molar-refractivity contribution in [1.29, 1.82) is 0 Å². The van der Waals surface area contributed by atoms with Crippen LogP contribution in [0.2, 0.25) is 0 Å². The molecule has 69 heavy (non-hydrogen) atoms. The summed E-state index contributed by atoms with van der Waals surface area (Å²) >= 11 is 0. The SMILES string of the molecule is CC1(C)c2cc(N(c3cccc(F)c3)c3ccc4c(c3)c3ccccc3n4-c3ccccc3)ccc2-c2ccc(N(c3cccc(F)c3)c3ccc4c(c3)c3ccccc3n4-c3ccccc3)cc21. The van der Waals surface area contributed by atoms with Gasteiger partial charge in [-0.3, -0.25) is 0 Å². The van der Waals surface area contributed by atoms with Crippen LogP contribution >= 0.6 is 0 Å². The lowest BCUT2D eigenvalue weighted by molar-refractivity contribution is 0.627. The zero-order valence-electron chi connectivity index (χ0n) is 38.0. The topological polar surface area (TPSA) is 16.3 Å². The Morgan fingerprint density at radius 2 is 0.681 bits per heavy atom. The zero-order chi connectivity index (χ0) is 46.4. The lowest BCUT2D eigenvalue weighted by Gasteiger charge is -2.29. The fourth-order valence-corrected chi connectivity index (χ4v) is 11.0. The Bertz CT molecular complexity index is 3720. The average molecular weight is 895 g/mol. The monoisotopic (exact) mass is 894 g/mol. The third kappa shape index (κ3) is 6.47. The third-order valence-corrected chi connectivity index (χ3v) is 14.1. The van der Waals surface area contributed by atoms with Crippen LogP contribution in [-0.2, 0) is 5.41 Å². The van der Waals surface area contributed by atoms with E-state index in [1.807, 2.05) is 24.3 Å². The van der Waals surface area contributed by atoms with Crippen LogP contribution in [0.25, 0.3) is 66.1 Å². The number of fused-ring (bicyclic) bond motifs is 9. The van der Waals surface area contributed by atoms with Crippen LogP contribution in [0.1, 0.15) is 25.0 Å². The van der Waals surface area contributed by atoms with Crippen molar-refractivity contribution in [3.05, 3.63) is 253 Å². The number of hydrogen-bond acceptors (Lipinski definition) is 2. The minimum Gasteiger partial charge on any atom is -0.310 e. The van der Waals surface area contributed by atoms with Crippen molar-refractivity contribution < 1.29 is 8.78 Å². The Morgan fingerprint density at radius 1 is 0.319 bits per heavy atom. The molecule has 1 aliphatic carbocycles. The Labute approximate surface area is 398 Å². The van der Waals surface area contributed by atoms with Crippen LogP contribution in [0.5, 0.6) is 0 Å². The van der Waals surface area contributed by atoms with Crippen LogP contribution < -0.4 is 9.80 Å². The molecule has 330 valence electrons. The van der Waals surface area contributed by atoms with E-state index in [1.165, 1.54) is 23.3 Å². The van der Waals surface area contributed by atoms with Gasteiger partial charge in [0.2, 0.25) is 0 Å². The first-order valence-electron chi connectivity index (χ1n) is 23.4. The van der Waals surface area contributed by atoms with Gasteiger partial charge in [-0.15, -0.1) is 0 Å². The predicted molar refractivity (Wildman–Crippen MR) is 282 cm³/mol. The molecule has 0 amide bonds. The highest BCUT2D eigenvalue weighted by molar-refractivity contribution is 6.12. The molecule has 2 aromatic heterocycles. The fraction of sp³-hybridized carbons (Fsp3) is 0.0476. The number of anilines is 6. The molecular formula is C63H44F2N4. The first kappa shape index (κ1) is 40.5. The highest BCUT2D eigenvalue weighted by Crippen LogP contribution is 2.53. The maximum Gasteiger partial charge on any atom is 0.125 e. The number of rotatable bonds is 8. The smallest absolute Gasteiger partial charge is 0.125 e. The van der Waals surface area contributed by atoms with Gasteiger partial charge in [0.05, 0.1) is 22.1 Å². The molecule has 2 heterocycles. The molecule has 4 nitrogen and oxygen atoms in total. The quantitative estimate of drug-likeness (QED) is 0.151. The van der Waals surface area contributed by atoms with E-state index in [0.717, 1.165) is 100 Å². The second-order valence-corrected chi connectivity index (χ2v) is 18.5.